The minimum atomic E-state index is -0.891. The molecular formula is C16H16N2O3. The third-order valence-electron chi connectivity index (χ3n) is 3.02. The lowest BCUT2D eigenvalue weighted by molar-refractivity contribution is -0.136. The molecule has 0 spiro atoms. The molecule has 0 radical (unpaired) electrons. The van der Waals surface area contributed by atoms with Crippen LogP contribution in [0.5, 0.6) is 0 Å². The lowest BCUT2D eigenvalue weighted by Gasteiger charge is -2.12. The van der Waals surface area contributed by atoms with Crippen molar-refractivity contribution in [1.82, 2.24) is 0 Å². The number of hydrogen-bond donors (Lipinski definition) is 3. The number of rotatable bonds is 5. The number of carbonyl (C=O) groups excluding carboxylic acids is 1. The summed E-state index contributed by atoms with van der Waals surface area (Å²) in [7, 11) is 0. The molecule has 5 nitrogen and oxygen atoms in total. The zero-order chi connectivity index (χ0) is 15.2. The van der Waals surface area contributed by atoms with Crippen LogP contribution in [0.3, 0.4) is 0 Å². The first-order valence-corrected chi connectivity index (χ1v) is 6.48. The van der Waals surface area contributed by atoms with E-state index in [9.17, 15) is 9.59 Å². The van der Waals surface area contributed by atoms with Crippen LogP contribution in [0.25, 0.3) is 0 Å². The van der Waals surface area contributed by atoms with Gasteiger partial charge in [0.25, 0.3) is 0 Å². The summed E-state index contributed by atoms with van der Waals surface area (Å²) in [6, 6.07) is 15.0. The molecule has 1 amide bonds. The van der Waals surface area contributed by atoms with Crippen LogP contribution in [-0.4, -0.2) is 17.0 Å². The molecule has 0 aromatic heterocycles. The summed E-state index contributed by atoms with van der Waals surface area (Å²) >= 11 is 0. The van der Waals surface area contributed by atoms with Crippen molar-refractivity contribution in [2.45, 2.75) is 12.5 Å². The van der Waals surface area contributed by atoms with Crippen molar-refractivity contribution in [2.24, 2.45) is 5.73 Å². The normalized spacial score (nSPS) is 11.7. The van der Waals surface area contributed by atoms with Crippen LogP contribution in [0, 0.1) is 0 Å². The van der Waals surface area contributed by atoms with Crippen molar-refractivity contribution in [3.8, 4) is 0 Å². The van der Waals surface area contributed by atoms with Gasteiger partial charge in [-0.25, -0.2) is 0 Å². The van der Waals surface area contributed by atoms with E-state index in [1.54, 1.807) is 36.4 Å². The fraction of sp³-hybridized carbons (Fsp3) is 0.125. The molecule has 0 aliphatic rings. The summed E-state index contributed by atoms with van der Waals surface area (Å²) in [6.45, 7) is 0. The molecule has 1 atom stereocenters. The topological polar surface area (TPSA) is 92.4 Å². The number of amides is 1. The van der Waals surface area contributed by atoms with Crippen molar-refractivity contribution in [2.75, 3.05) is 5.32 Å². The number of nitrogens with one attached hydrogen (secondary N) is 1. The maximum absolute atomic E-state index is 12.0. The van der Waals surface area contributed by atoms with E-state index in [1.165, 1.54) is 0 Å². The fourth-order valence-corrected chi connectivity index (χ4v) is 1.91. The van der Waals surface area contributed by atoms with E-state index in [-0.39, 0.29) is 12.3 Å². The van der Waals surface area contributed by atoms with Crippen molar-refractivity contribution in [1.29, 1.82) is 0 Å². The molecule has 108 valence electrons. The second-order valence-corrected chi connectivity index (χ2v) is 4.65. The Hall–Kier alpha value is -2.66. The zero-order valence-electron chi connectivity index (χ0n) is 11.3. The number of hydrogen-bond acceptors (Lipinski definition) is 3. The fourth-order valence-electron chi connectivity index (χ4n) is 1.91. The SMILES string of the molecule is N[C@H](C(=O)Nc1ccc(CC(=O)O)cc1)c1ccccc1. The monoisotopic (exact) mass is 284 g/mol. The van der Waals surface area contributed by atoms with E-state index in [1.807, 2.05) is 18.2 Å². The molecule has 0 bridgehead atoms. The van der Waals surface area contributed by atoms with E-state index >= 15 is 0 Å². The molecule has 0 saturated heterocycles. The summed E-state index contributed by atoms with van der Waals surface area (Å²) in [5, 5.41) is 11.4. The Morgan fingerprint density at radius 1 is 1.05 bits per heavy atom. The van der Waals surface area contributed by atoms with Crippen molar-refractivity contribution >= 4 is 17.6 Å². The van der Waals surface area contributed by atoms with E-state index in [0.717, 1.165) is 5.56 Å². The lowest BCUT2D eigenvalue weighted by Crippen LogP contribution is -2.27. The van der Waals surface area contributed by atoms with Gasteiger partial charge in [0.2, 0.25) is 5.91 Å². The van der Waals surface area contributed by atoms with Gasteiger partial charge in [-0.05, 0) is 23.3 Å². The van der Waals surface area contributed by atoms with Crippen molar-refractivity contribution in [3.63, 3.8) is 0 Å². The average Bonchev–Trinajstić information content (AvgIpc) is 2.49. The van der Waals surface area contributed by atoms with Crippen LogP contribution < -0.4 is 11.1 Å². The largest absolute Gasteiger partial charge is 0.481 e. The second kappa shape index (κ2) is 6.67. The van der Waals surface area contributed by atoms with Gasteiger partial charge in [0.15, 0.2) is 0 Å². The van der Waals surface area contributed by atoms with Gasteiger partial charge in [0.1, 0.15) is 6.04 Å². The Balaban J connectivity index is 2.01. The summed E-state index contributed by atoms with van der Waals surface area (Å²) < 4.78 is 0. The Bertz CT molecular complexity index is 624. The van der Waals surface area contributed by atoms with Gasteiger partial charge in [-0.15, -0.1) is 0 Å². The van der Waals surface area contributed by atoms with Gasteiger partial charge in [-0.3, -0.25) is 9.59 Å². The number of anilines is 1. The number of carboxylic acid groups (broad SMARTS) is 1. The standard InChI is InChI=1S/C16H16N2O3/c17-15(12-4-2-1-3-5-12)16(21)18-13-8-6-11(7-9-13)10-14(19)20/h1-9,15H,10,17H2,(H,18,21)(H,19,20)/t15-/m0/s1. The summed E-state index contributed by atoms with van der Waals surface area (Å²) in [5.41, 5.74) is 7.88. The second-order valence-electron chi connectivity index (χ2n) is 4.65. The first kappa shape index (κ1) is 14.7. The van der Waals surface area contributed by atoms with Gasteiger partial charge < -0.3 is 16.2 Å². The van der Waals surface area contributed by atoms with E-state index < -0.39 is 12.0 Å². The number of benzene rings is 2. The van der Waals surface area contributed by atoms with Gasteiger partial charge in [-0.1, -0.05) is 42.5 Å². The highest BCUT2D eigenvalue weighted by Gasteiger charge is 2.15. The highest BCUT2D eigenvalue weighted by Crippen LogP contribution is 2.14. The molecule has 2 rings (SSSR count). The molecule has 4 N–H and O–H groups in total. The zero-order valence-corrected chi connectivity index (χ0v) is 11.3. The number of aliphatic carboxylic acids is 1. The molecular weight excluding hydrogens is 268 g/mol. The third kappa shape index (κ3) is 4.15. The number of nitrogens with two attached hydrogens (primary N) is 1. The van der Waals surface area contributed by atoms with E-state index in [2.05, 4.69) is 5.32 Å². The maximum atomic E-state index is 12.0. The van der Waals surface area contributed by atoms with Gasteiger partial charge in [0, 0.05) is 5.69 Å². The Morgan fingerprint density at radius 3 is 2.24 bits per heavy atom. The van der Waals surface area contributed by atoms with Gasteiger partial charge in [-0.2, -0.15) is 0 Å². The van der Waals surface area contributed by atoms with Crippen LogP contribution in [0.4, 0.5) is 5.69 Å². The highest BCUT2D eigenvalue weighted by atomic mass is 16.4. The maximum Gasteiger partial charge on any atom is 0.307 e. The summed E-state index contributed by atoms with van der Waals surface area (Å²) in [4.78, 5) is 22.6. The van der Waals surface area contributed by atoms with Crippen LogP contribution in [-0.2, 0) is 16.0 Å². The van der Waals surface area contributed by atoms with E-state index in [0.29, 0.717) is 11.3 Å². The first-order chi connectivity index (χ1) is 10.1. The summed E-state index contributed by atoms with van der Waals surface area (Å²) in [5.74, 6) is -1.20. The highest BCUT2D eigenvalue weighted by molar-refractivity contribution is 5.95. The van der Waals surface area contributed by atoms with Crippen molar-refractivity contribution in [3.05, 3.63) is 65.7 Å². The minimum absolute atomic E-state index is 0.0439. The molecule has 21 heavy (non-hydrogen) atoms. The third-order valence-corrected chi connectivity index (χ3v) is 3.02. The van der Waals surface area contributed by atoms with Crippen LogP contribution in [0.15, 0.2) is 54.6 Å². The first-order valence-electron chi connectivity index (χ1n) is 6.48. The molecule has 0 aliphatic carbocycles. The molecule has 0 aliphatic heterocycles. The number of carboxylic acids is 1. The summed E-state index contributed by atoms with van der Waals surface area (Å²) in [6.07, 6.45) is -0.0439. The quantitative estimate of drug-likeness (QED) is 0.782. The molecule has 0 fully saturated rings. The Labute approximate surface area is 122 Å². The average molecular weight is 284 g/mol. The van der Waals surface area contributed by atoms with Crippen LogP contribution in [0.2, 0.25) is 0 Å². The molecule has 2 aromatic rings. The molecule has 5 heteroatoms. The lowest BCUT2D eigenvalue weighted by atomic mass is 10.1. The predicted octanol–water partition coefficient (Wildman–Crippen LogP) is 1.95. The molecule has 2 aromatic carbocycles. The Morgan fingerprint density at radius 2 is 1.67 bits per heavy atom. The van der Waals surface area contributed by atoms with Crippen LogP contribution in [0.1, 0.15) is 17.2 Å². The van der Waals surface area contributed by atoms with Gasteiger partial charge in [0.05, 0.1) is 6.42 Å². The van der Waals surface area contributed by atoms with E-state index in [4.69, 9.17) is 10.8 Å². The Kier molecular flexibility index (Phi) is 4.68. The van der Waals surface area contributed by atoms with Gasteiger partial charge >= 0.3 is 5.97 Å². The predicted molar refractivity (Wildman–Crippen MR) is 79.8 cm³/mol. The smallest absolute Gasteiger partial charge is 0.307 e. The molecule has 0 heterocycles. The molecule has 0 unspecified atom stereocenters. The number of carbonyl (C=O) groups is 2. The van der Waals surface area contributed by atoms with Crippen molar-refractivity contribution < 1.29 is 14.7 Å². The van der Waals surface area contributed by atoms with Crippen LogP contribution >= 0.6 is 0 Å². The molecule has 0 saturated carbocycles. The minimum Gasteiger partial charge on any atom is -0.481 e.